The Bertz CT molecular complexity index is 938. The number of hydrogen-bond acceptors (Lipinski definition) is 8. The lowest BCUT2D eigenvalue weighted by Crippen LogP contribution is -2.29. The quantitative estimate of drug-likeness (QED) is 0.439. The van der Waals surface area contributed by atoms with Crippen molar-refractivity contribution in [3.05, 3.63) is 45.6 Å². The van der Waals surface area contributed by atoms with Crippen LogP contribution in [0, 0.1) is 16.0 Å². The summed E-state index contributed by atoms with van der Waals surface area (Å²) in [7, 11) is 0. The van der Waals surface area contributed by atoms with E-state index in [1.807, 2.05) is 0 Å². The van der Waals surface area contributed by atoms with Crippen LogP contribution >= 0.6 is 0 Å². The number of anilines is 3. The second-order valence-corrected chi connectivity index (χ2v) is 9.04. The maximum atomic E-state index is 11.6. The predicted octanol–water partition coefficient (Wildman–Crippen LogP) is 3.63. The number of nitrogens with two attached hydrogens (primary N) is 2. The fourth-order valence-electron chi connectivity index (χ4n) is 4.80. The molecule has 9 nitrogen and oxygen atoms in total. The third-order valence-electron chi connectivity index (χ3n) is 6.62. The summed E-state index contributed by atoms with van der Waals surface area (Å²) in [6.07, 6.45) is 8.07. The van der Waals surface area contributed by atoms with Gasteiger partial charge in [0.05, 0.1) is 4.92 Å². The zero-order valence-electron chi connectivity index (χ0n) is 18.5. The predicted molar refractivity (Wildman–Crippen MR) is 127 cm³/mol. The Balaban J connectivity index is 1.47. The molecular weight excluding hydrogens is 406 g/mol. The molecule has 2 aromatic rings. The molecule has 5 N–H and O–H groups in total. The summed E-state index contributed by atoms with van der Waals surface area (Å²) >= 11 is 0. The van der Waals surface area contributed by atoms with Crippen molar-refractivity contribution in [1.82, 2.24) is 9.97 Å². The number of nitrogens with zero attached hydrogens (tertiary/aromatic N) is 4. The summed E-state index contributed by atoms with van der Waals surface area (Å²) in [5, 5.41) is 14.8. The van der Waals surface area contributed by atoms with Crippen molar-refractivity contribution in [2.24, 2.45) is 11.7 Å². The Labute approximate surface area is 188 Å². The van der Waals surface area contributed by atoms with E-state index in [-0.39, 0.29) is 17.5 Å². The lowest BCUT2D eigenvalue weighted by atomic mass is 9.83. The van der Waals surface area contributed by atoms with Gasteiger partial charge in [-0.05, 0) is 75.0 Å². The van der Waals surface area contributed by atoms with E-state index < -0.39 is 4.92 Å². The van der Waals surface area contributed by atoms with E-state index in [2.05, 4.69) is 44.5 Å². The SMILES string of the molecule is Nc1nc(NCc2cccc(N3CCCCC3)c2)nc(CC2CCC(N)CC2)c1[N+](=O)[O-]. The largest absolute Gasteiger partial charge is 0.378 e. The third-order valence-corrected chi connectivity index (χ3v) is 6.62. The highest BCUT2D eigenvalue weighted by atomic mass is 16.6. The normalized spacial score (nSPS) is 21.3. The number of nitro groups is 1. The Morgan fingerprint density at radius 1 is 1.12 bits per heavy atom. The lowest BCUT2D eigenvalue weighted by Gasteiger charge is -2.29. The van der Waals surface area contributed by atoms with E-state index in [1.54, 1.807) is 0 Å². The van der Waals surface area contributed by atoms with Crippen molar-refractivity contribution in [3.63, 3.8) is 0 Å². The number of hydrogen-bond donors (Lipinski definition) is 3. The molecule has 4 rings (SSSR count). The van der Waals surface area contributed by atoms with Crippen LogP contribution in [0.5, 0.6) is 0 Å². The van der Waals surface area contributed by atoms with Crippen molar-refractivity contribution in [1.29, 1.82) is 0 Å². The van der Waals surface area contributed by atoms with Gasteiger partial charge in [-0.3, -0.25) is 10.1 Å². The minimum Gasteiger partial charge on any atom is -0.378 e. The maximum Gasteiger partial charge on any atom is 0.332 e. The van der Waals surface area contributed by atoms with E-state index in [4.69, 9.17) is 11.5 Å². The molecule has 0 atom stereocenters. The van der Waals surface area contributed by atoms with E-state index in [1.165, 1.54) is 24.9 Å². The first-order valence-electron chi connectivity index (χ1n) is 11.6. The van der Waals surface area contributed by atoms with Gasteiger partial charge in [0.15, 0.2) is 0 Å². The molecule has 1 saturated heterocycles. The zero-order chi connectivity index (χ0) is 22.5. The molecule has 9 heteroatoms. The molecule has 0 radical (unpaired) electrons. The van der Waals surface area contributed by atoms with Crippen LogP contribution in [-0.4, -0.2) is 34.0 Å². The maximum absolute atomic E-state index is 11.6. The van der Waals surface area contributed by atoms with Crippen LogP contribution in [0.15, 0.2) is 24.3 Å². The molecule has 32 heavy (non-hydrogen) atoms. The molecule has 0 unspecified atom stereocenters. The van der Waals surface area contributed by atoms with Crippen molar-refractivity contribution in [2.45, 2.75) is 64.0 Å². The molecular formula is C23H33N7O2. The standard InChI is InChI=1S/C23H33N7O2/c24-18-9-7-16(8-10-18)14-20-21(30(31)32)22(25)28-23(27-20)26-15-17-5-4-6-19(13-17)29-11-2-1-3-12-29/h4-6,13,16,18H,1-3,7-12,14-15,24H2,(H3,25,26,27,28). The molecule has 2 fully saturated rings. The highest BCUT2D eigenvalue weighted by molar-refractivity contribution is 5.58. The number of nitrogen functional groups attached to an aromatic ring is 1. The molecule has 1 aromatic carbocycles. The molecule has 2 aliphatic rings. The van der Waals surface area contributed by atoms with Crippen LogP contribution in [0.1, 0.15) is 56.2 Å². The molecule has 1 aliphatic heterocycles. The Hall–Kier alpha value is -2.94. The second-order valence-electron chi connectivity index (χ2n) is 9.04. The van der Waals surface area contributed by atoms with E-state index in [9.17, 15) is 10.1 Å². The number of nitrogens with one attached hydrogen (secondary N) is 1. The monoisotopic (exact) mass is 439 g/mol. The van der Waals surface area contributed by atoms with Crippen molar-refractivity contribution in [3.8, 4) is 0 Å². The minimum atomic E-state index is -0.467. The first kappa shape index (κ1) is 22.3. The fraction of sp³-hybridized carbons (Fsp3) is 0.565. The molecule has 0 bridgehead atoms. The third kappa shape index (κ3) is 5.45. The van der Waals surface area contributed by atoms with Crippen LogP contribution in [-0.2, 0) is 13.0 Å². The lowest BCUT2D eigenvalue weighted by molar-refractivity contribution is -0.385. The topological polar surface area (TPSA) is 136 Å². The summed E-state index contributed by atoms with van der Waals surface area (Å²) in [6, 6.07) is 8.67. The van der Waals surface area contributed by atoms with Gasteiger partial charge in [0.1, 0.15) is 5.69 Å². The summed E-state index contributed by atoms with van der Waals surface area (Å²) in [5.74, 6) is 0.577. The Morgan fingerprint density at radius 2 is 1.88 bits per heavy atom. The molecule has 1 aromatic heterocycles. The highest BCUT2D eigenvalue weighted by Gasteiger charge is 2.27. The van der Waals surface area contributed by atoms with Gasteiger partial charge in [0.2, 0.25) is 11.8 Å². The van der Waals surface area contributed by atoms with Gasteiger partial charge >= 0.3 is 5.69 Å². The summed E-state index contributed by atoms with van der Waals surface area (Å²) < 4.78 is 0. The van der Waals surface area contributed by atoms with Gasteiger partial charge in [-0.2, -0.15) is 4.98 Å². The van der Waals surface area contributed by atoms with E-state index in [0.717, 1.165) is 44.3 Å². The van der Waals surface area contributed by atoms with Gasteiger partial charge in [0.25, 0.3) is 0 Å². The molecule has 2 heterocycles. The molecule has 1 saturated carbocycles. The fourth-order valence-corrected chi connectivity index (χ4v) is 4.80. The Kier molecular flexibility index (Phi) is 7.04. The van der Waals surface area contributed by atoms with Gasteiger partial charge in [-0.25, -0.2) is 4.98 Å². The number of piperidine rings is 1. The highest BCUT2D eigenvalue weighted by Crippen LogP contribution is 2.32. The molecule has 1 aliphatic carbocycles. The summed E-state index contributed by atoms with van der Waals surface area (Å²) in [5.41, 5.74) is 14.6. The minimum absolute atomic E-state index is 0.0860. The van der Waals surface area contributed by atoms with E-state index >= 15 is 0 Å². The average Bonchev–Trinajstić information content (AvgIpc) is 2.79. The first-order valence-corrected chi connectivity index (χ1v) is 11.6. The van der Waals surface area contributed by atoms with Crippen molar-refractivity contribution >= 4 is 23.1 Å². The van der Waals surface area contributed by atoms with Crippen LogP contribution in [0.3, 0.4) is 0 Å². The van der Waals surface area contributed by atoms with Crippen LogP contribution in [0.4, 0.5) is 23.1 Å². The van der Waals surface area contributed by atoms with Crippen molar-refractivity contribution in [2.75, 3.05) is 29.0 Å². The molecule has 0 spiro atoms. The van der Waals surface area contributed by atoms with Crippen LogP contribution in [0.2, 0.25) is 0 Å². The number of rotatable bonds is 7. The van der Waals surface area contributed by atoms with Gasteiger partial charge < -0.3 is 21.7 Å². The van der Waals surface area contributed by atoms with E-state index in [0.29, 0.717) is 30.5 Å². The number of aromatic nitrogens is 2. The van der Waals surface area contributed by atoms with Gasteiger partial charge in [-0.15, -0.1) is 0 Å². The average molecular weight is 440 g/mol. The van der Waals surface area contributed by atoms with Crippen LogP contribution < -0.4 is 21.7 Å². The van der Waals surface area contributed by atoms with Gasteiger partial charge in [0, 0.05) is 31.4 Å². The first-order chi connectivity index (χ1) is 15.5. The Morgan fingerprint density at radius 3 is 2.59 bits per heavy atom. The van der Waals surface area contributed by atoms with Gasteiger partial charge in [-0.1, -0.05) is 12.1 Å². The second kappa shape index (κ2) is 10.1. The number of benzene rings is 1. The van der Waals surface area contributed by atoms with Crippen LogP contribution in [0.25, 0.3) is 0 Å². The van der Waals surface area contributed by atoms with Crippen molar-refractivity contribution < 1.29 is 4.92 Å². The summed E-state index contributed by atoms with van der Waals surface area (Å²) in [6.45, 7) is 2.71. The molecule has 0 amide bonds. The smallest absolute Gasteiger partial charge is 0.332 e. The zero-order valence-corrected chi connectivity index (χ0v) is 18.5. The summed E-state index contributed by atoms with van der Waals surface area (Å²) in [4.78, 5) is 22.2. The molecule has 172 valence electrons.